The van der Waals surface area contributed by atoms with Gasteiger partial charge in [-0.1, -0.05) is 19.9 Å². The van der Waals surface area contributed by atoms with Crippen LogP contribution in [0.15, 0.2) is 24.5 Å². The molecule has 0 bridgehead atoms. The highest BCUT2D eigenvalue weighted by atomic mass is 16.3. The van der Waals surface area contributed by atoms with Crippen molar-refractivity contribution >= 4 is 5.78 Å². The quantitative estimate of drug-likeness (QED) is 0.704. The van der Waals surface area contributed by atoms with Gasteiger partial charge in [0.15, 0.2) is 0 Å². The number of aliphatic hydroxyl groups excluding tert-OH is 1. The SMILES string of the molecule is C[C@]12CC[C@H](O)C[C@@H]1CC[C@@H]1[C@@H]2CC[C@]2(C)[C@@H](C(=O)CCc3cccnc3)CC[C@@H]12. The van der Waals surface area contributed by atoms with Crippen LogP contribution < -0.4 is 0 Å². The highest BCUT2D eigenvalue weighted by Gasteiger charge is 2.60. The molecule has 5 rings (SSSR count). The lowest BCUT2D eigenvalue weighted by molar-refractivity contribution is -0.139. The van der Waals surface area contributed by atoms with Gasteiger partial charge in [0.2, 0.25) is 0 Å². The van der Waals surface area contributed by atoms with E-state index in [4.69, 9.17) is 0 Å². The standard InChI is InChI=1S/C27H39NO2/c1-26-13-11-20(29)16-19(26)6-7-21-22-8-9-24(27(22,2)14-12-23(21)26)25(30)10-5-18-4-3-15-28-17-18/h3-4,15,17,19-24,29H,5-14,16H2,1-2H3/t19-,20-,21-,22-,23-,24+,26-,27-/m0/s1. The average molecular weight is 410 g/mol. The minimum Gasteiger partial charge on any atom is -0.393 e. The first kappa shape index (κ1) is 20.7. The third kappa shape index (κ3) is 3.27. The van der Waals surface area contributed by atoms with E-state index in [9.17, 15) is 9.90 Å². The summed E-state index contributed by atoms with van der Waals surface area (Å²) in [5.74, 6) is 3.82. The monoisotopic (exact) mass is 409 g/mol. The summed E-state index contributed by atoms with van der Waals surface area (Å²) < 4.78 is 0. The minimum absolute atomic E-state index is 0.0678. The Morgan fingerprint density at radius 2 is 1.87 bits per heavy atom. The van der Waals surface area contributed by atoms with Crippen LogP contribution in [-0.2, 0) is 11.2 Å². The molecule has 0 saturated heterocycles. The van der Waals surface area contributed by atoms with E-state index in [1.54, 1.807) is 6.20 Å². The predicted molar refractivity (Wildman–Crippen MR) is 119 cm³/mol. The Morgan fingerprint density at radius 1 is 1.07 bits per heavy atom. The molecule has 0 spiro atoms. The molecule has 1 aromatic rings. The molecule has 1 aromatic heterocycles. The minimum atomic E-state index is -0.0678. The molecule has 0 amide bonds. The van der Waals surface area contributed by atoms with Gasteiger partial charge in [0, 0.05) is 24.7 Å². The van der Waals surface area contributed by atoms with Crippen molar-refractivity contribution in [3.05, 3.63) is 30.1 Å². The summed E-state index contributed by atoms with van der Waals surface area (Å²) in [5.41, 5.74) is 1.82. The van der Waals surface area contributed by atoms with Crippen LogP contribution in [0.2, 0.25) is 0 Å². The van der Waals surface area contributed by atoms with Gasteiger partial charge in [0.1, 0.15) is 5.78 Å². The van der Waals surface area contributed by atoms with Crippen LogP contribution in [-0.4, -0.2) is 22.0 Å². The first-order valence-electron chi connectivity index (χ1n) is 12.5. The van der Waals surface area contributed by atoms with Crippen molar-refractivity contribution in [2.24, 2.45) is 40.4 Å². The van der Waals surface area contributed by atoms with Gasteiger partial charge in [-0.25, -0.2) is 0 Å². The molecule has 3 nitrogen and oxygen atoms in total. The molecular formula is C27H39NO2. The van der Waals surface area contributed by atoms with Crippen LogP contribution in [0, 0.1) is 40.4 Å². The summed E-state index contributed by atoms with van der Waals surface area (Å²) in [6.45, 7) is 5.01. The zero-order chi connectivity index (χ0) is 20.9. The van der Waals surface area contributed by atoms with E-state index in [0.29, 0.717) is 23.5 Å². The molecule has 4 fully saturated rings. The molecular weight excluding hydrogens is 370 g/mol. The lowest BCUT2D eigenvalue weighted by Crippen LogP contribution is -2.54. The number of aryl methyl sites for hydroxylation is 1. The summed E-state index contributed by atoms with van der Waals surface area (Å²) in [6.07, 6.45) is 15.9. The average Bonchev–Trinajstić information content (AvgIpc) is 3.10. The van der Waals surface area contributed by atoms with E-state index >= 15 is 0 Å². The topological polar surface area (TPSA) is 50.2 Å². The van der Waals surface area contributed by atoms with Crippen molar-refractivity contribution in [3.63, 3.8) is 0 Å². The number of carbonyl (C=O) groups excluding carboxylic acids is 1. The molecule has 3 heteroatoms. The van der Waals surface area contributed by atoms with Crippen molar-refractivity contribution in [1.29, 1.82) is 0 Å². The van der Waals surface area contributed by atoms with E-state index in [0.717, 1.165) is 43.4 Å². The van der Waals surface area contributed by atoms with Crippen LogP contribution in [0.3, 0.4) is 0 Å². The van der Waals surface area contributed by atoms with Gasteiger partial charge in [-0.3, -0.25) is 9.78 Å². The molecule has 4 aliphatic rings. The lowest BCUT2D eigenvalue weighted by atomic mass is 9.44. The number of fused-ring (bicyclic) bond motifs is 5. The summed E-state index contributed by atoms with van der Waals surface area (Å²) in [4.78, 5) is 17.5. The number of ketones is 1. The molecule has 8 atom stereocenters. The van der Waals surface area contributed by atoms with Crippen molar-refractivity contribution in [3.8, 4) is 0 Å². The second-order valence-corrected chi connectivity index (χ2v) is 11.6. The fraction of sp³-hybridized carbons (Fsp3) is 0.778. The molecule has 1 N–H and O–H groups in total. The third-order valence-electron chi connectivity index (χ3n) is 10.4. The van der Waals surface area contributed by atoms with Crippen LogP contribution in [0.5, 0.6) is 0 Å². The number of nitrogens with zero attached hydrogens (tertiary/aromatic N) is 1. The van der Waals surface area contributed by atoms with Crippen LogP contribution in [0.4, 0.5) is 0 Å². The molecule has 30 heavy (non-hydrogen) atoms. The smallest absolute Gasteiger partial charge is 0.136 e. The number of hydrogen-bond donors (Lipinski definition) is 1. The fourth-order valence-corrected chi connectivity index (χ4v) is 8.75. The van der Waals surface area contributed by atoms with Crippen molar-refractivity contribution in [2.75, 3.05) is 0 Å². The largest absolute Gasteiger partial charge is 0.393 e. The zero-order valence-corrected chi connectivity index (χ0v) is 18.9. The van der Waals surface area contributed by atoms with E-state index in [-0.39, 0.29) is 17.4 Å². The summed E-state index contributed by atoms with van der Waals surface area (Å²) in [5, 5.41) is 10.2. The first-order valence-corrected chi connectivity index (χ1v) is 12.5. The van der Waals surface area contributed by atoms with E-state index < -0.39 is 0 Å². The number of Topliss-reactive ketones (excluding diaryl/α,β-unsaturated/α-hetero) is 1. The number of carbonyl (C=O) groups is 1. The number of pyridine rings is 1. The Hall–Kier alpha value is -1.22. The summed E-state index contributed by atoms with van der Waals surface area (Å²) in [6, 6.07) is 4.06. The van der Waals surface area contributed by atoms with Gasteiger partial charge in [0.05, 0.1) is 6.10 Å². The molecule has 0 radical (unpaired) electrons. The molecule has 0 unspecified atom stereocenters. The van der Waals surface area contributed by atoms with E-state index in [2.05, 4.69) is 24.9 Å². The number of rotatable bonds is 4. The highest BCUT2D eigenvalue weighted by Crippen LogP contribution is 2.67. The number of hydrogen-bond acceptors (Lipinski definition) is 3. The fourth-order valence-electron chi connectivity index (χ4n) is 8.75. The van der Waals surface area contributed by atoms with E-state index in [1.165, 1.54) is 44.1 Å². The van der Waals surface area contributed by atoms with Gasteiger partial charge in [-0.15, -0.1) is 0 Å². The molecule has 4 aliphatic carbocycles. The van der Waals surface area contributed by atoms with Crippen LogP contribution >= 0.6 is 0 Å². The Labute approximate surface area is 182 Å². The van der Waals surface area contributed by atoms with Crippen molar-refractivity contribution in [2.45, 2.75) is 90.6 Å². The van der Waals surface area contributed by atoms with Crippen molar-refractivity contribution in [1.82, 2.24) is 4.98 Å². The number of aliphatic hydroxyl groups is 1. The summed E-state index contributed by atoms with van der Waals surface area (Å²) >= 11 is 0. The van der Waals surface area contributed by atoms with E-state index in [1.807, 2.05) is 12.3 Å². The van der Waals surface area contributed by atoms with Crippen LogP contribution in [0.1, 0.15) is 83.6 Å². The maximum atomic E-state index is 13.3. The Kier molecular flexibility index (Phi) is 5.32. The molecule has 0 aliphatic heterocycles. The number of aromatic nitrogens is 1. The Morgan fingerprint density at radius 3 is 2.67 bits per heavy atom. The highest BCUT2D eigenvalue weighted by molar-refractivity contribution is 5.82. The van der Waals surface area contributed by atoms with Crippen LogP contribution in [0.25, 0.3) is 0 Å². The van der Waals surface area contributed by atoms with Gasteiger partial charge in [-0.05, 0) is 110 Å². The molecule has 164 valence electrons. The van der Waals surface area contributed by atoms with Gasteiger partial charge < -0.3 is 5.11 Å². The third-order valence-corrected chi connectivity index (χ3v) is 10.4. The Balaban J connectivity index is 1.30. The first-order chi connectivity index (χ1) is 14.4. The summed E-state index contributed by atoms with van der Waals surface area (Å²) in [7, 11) is 0. The van der Waals surface area contributed by atoms with Crippen molar-refractivity contribution < 1.29 is 9.90 Å². The maximum absolute atomic E-state index is 13.3. The van der Waals surface area contributed by atoms with Gasteiger partial charge in [0.25, 0.3) is 0 Å². The maximum Gasteiger partial charge on any atom is 0.136 e. The normalized spacial score (nSPS) is 45.3. The second-order valence-electron chi connectivity index (χ2n) is 11.6. The molecule has 1 heterocycles. The lowest BCUT2D eigenvalue weighted by Gasteiger charge is -2.60. The predicted octanol–water partition coefficient (Wildman–Crippen LogP) is 5.60. The molecule has 0 aromatic carbocycles. The van der Waals surface area contributed by atoms with Gasteiger partial charge >= 0.3 is 0 Å². The van der Waals surface area contributed by atoms with Gasteiger partial charge in [-0.2, -0.15) is 0 Å². The zero-order valence-electron chi connectivity index (χ0n) is 18.9. The molecule has 4 saturated carbocycles. The second kappa shape index (κ2) is 7.73. The Bertz CT molecular complexity index is 778.